The molecule has 3 rings (SSSR count). The molecule has 2 aliphatic rings. The van der Waals surface area contributed by atoms with Gasteiger partial charge in [0.2, 0.25) is 0 Å². The van der Waals surface area contributed by atoms with Crippen LogP contribution in [-0.2, 0) is 0 Å². The fraction of sp³-hybridized carbons (Fsp3) is 0.600. The fourth-order valence-electron chi connectivity index (χ4n) is 3.08. The van der Waals surface area contributed by atoms with E-state index in [0.717, 1.165) is 0 Å². The zero-order chi connectivity index (χ0) is 11.1. The van der Waals surface area contributed by atoms with E-state index in [1.165, 1.54) is 42.6 Å². The first-order chi connectivity index (χ1) is 7.75. The molecule has 0 saturated heterocycles. The van der Waals surface area contributed by atoms with E-state index in [9.17, 15) is 0 Å². The number of rotatable bonds is 1. The van der Waals surface area contributed by atoms with Crippen molar-refractivity contribution in [1.29, 1.82) is 0 Å². The van der Waals surface area contributed by atoms with Crippen LogP contribution in [0.15, 0.2) is 18.2 Å². The molecular formula is C15H20O. The maximum absolute atomic E-state index is 6.10. The predicted octanol–water partition coefficient (Wildman–Crippen LogP) is 4.23. The zero-order valence-electron chi connectivity index (χ0n) is 10.2. The Morgan fingerprint density at radius 1 is 1.19 bits per heavy atom. The van der Waals surface area contributed by atoms with Crippen LogP contribution in [-0.4, -0.2) is 6.10 Å². The summed E-state index contributed by atoms with van der Waals surface area (Å²) in [4.78, 5) is 0. The molecule has 16 heavy (non-hydrogen) atoms. The standard InChI is InChI=1S/C15H20O/c1-10(2)11-7-8-13-12-5-3-4-6-14(12)16-15(13)9-11/h7-10,12,14H,3-6H2,1-2H3. The Morgan fingerprint density at radius 3 is 2.81 bits per heavy atom. The molecule has 1 heteroatoms. The molecule has 1 fully saturated rings. The van der Waals surface area contributed by atoms with Gasteiger partial charge in [-0.3, -0.25) is 0 Å². The lowest BCUT2D eigenvalue weighted by atomic mass is 9.83. The van der Waals surface area contributed by atoms with Gasteiger partial charge in [0.1, 0.15) is 11.9 Å². The van der Waals surface area contributed by atoms with Gasteiger partial charge in [-0.1, -0.05) is 32.4 Å². The molecule has 0 bridgehead atoms. The average Bonchev–Trinajstić information content (AvgIpc) is 2.66. The van der Waals surface area contributed by atoms with Crippen LogP contribution in [0.2, 0.25) is 0 Å². The fourth-order valence-corrected chi connectivity index (χ4v) is 3.08. The van der Waals surface area contributed by atoms with Crippen LogP contribution in [0.4, 0.5) is 0 Å². The Morgan fingerprint density at radius 2 is 2.00 bits per heavy atom. The van der Waals surface area contributed by atoms with Gasteiger partial charge >= 0.3 is 0 Å². The number of benzene rings is 1. The lowest BCUT2D eigenvalue weighted by molar-refractivity contribution is 0.164. The van der Waals surface area contributed by atoms with Crippen LogP contribution in [0.1, 0.15) is 62.5 Å². The number of hydrogen-bond acceptors (Lipinski definition) is 1. The van der Waals surface area contributed by atoms with E-state index in [2.05, 4.69) is 32.0 Å². The third-order valence-corrected chi connectivity index (χ3v) is 4.08. The molecule has 1 aromatic carbocycles. The largest absolute Gasteiger partial charge is 0.489 e. The topological polar surface area (TPSA) is 9.23 Å². The van der Waals surface area contributed by atoms with Gasteiger partial charge in [-0.05, 0) is 36.8 Å². The minimum absolute atomic E-state index is 0.478. The average molecular weight is 216 g/mol. The van der Waals surface area contributed by atoms with Gasteiger partial charge in [0.25, 0.3) is 0 Å². The highest BCUT2D eigenvalue weighted by Crippen LogP contribution is 2.46. The van der Waals surface area contributed by atoms with Gasteiger partial charge in [-0.25, -0.2) is 0 Å². The van der Waals surface area contributed by atoms with Crippen LogP contribution in [0, 0.1) is 0 Å². The SMILES string of the molecule is CC(C)c1ccc2c(c1)OC1CCCCC21. The molecule has 1 heterocycles. The Hall–Kier alpha value is -0.980. The third-order valence-electron chi connectivity index (χ3n) is 4.08. The summed E-state index contributed by atoms with van der Waals surface area (Å²) in [7, 11) is 0. The summed E-state index contributed by atoms with van der Waals surface area (Å²) in [6.45, 7) is 4.48. The van der Waals surface area contributed by atoms with Crippen molar-refractivity contribution in [3.8, 4) is 5.75 Å². The van der Waals surface area contributed by atoms with E-state index in [1.807, 2.05) is 0 Å². The molecule has 1 nitrogen and oxygen atoms in total. The van der Waals surface area contributed by atoms with Crippen LogP contribution >= 0.6 is 0 Å². The van der Waals surface area contributed by atoms with Crippen molar-refractivity contribution in [1.82, 2.24) is 0 Å². The van der Waals surface area contributed by atoms with E-state index >= 15 is 0 Å². The molecule has 0 spiro atoms. The van der Waals surface area contributed by atoms with Crippen molar-refractivity contribution < 1.29 is 4.74 Å². The van der Waals surface area contributed by atoms with Gasteiger partial charge in [-0.15, -0.1) is 0 Å². The summed E-state index contributed by atoms with van der Waals surface area (Å²) in [6.07, 6.45) is 5.75. The van der Waals surface area contributed by atoms with Crippen molar-refractivity contribution in [3.63, 3.8) is 0 Å². The van der Waals surface area contributed by atoms with Gasteiger partial charge in [0, 0.05) is 11.5 Å². The molecule has 0 N–H and O–H groups in total. The van der Waals surface area contributed by atoms with Crippen LogP contribution < -0.4 is 4.74 Å². The molecule has 0 aromatic heterocycles. The van der Waals surface area contributed by atoms with Crippen molar-refractivity contribution in [2.75, 3.05) is 0 Å². The van der Waals surface area contributed by atoms with Gasteiger partial charge in [0.15, 0.2) is 0 Å². The Kier molecular flexibility index (Phi) is 2.42. The first-order valence-corrected chi connectivity index (χ1v) is 6.56. The Bertz CT molecular complexity index is 394. The Balaban J connectivity index is 1.95. The lowest BCUT2D eigenvalue weighted by Crippen LogP contribution is -2.22. The maximum Gasteiger partial charge on any atom is 0.123 e. The second kappa shape index (κ2) is 3.80. The van der Waals surface area contributed by atoms with Gasteiger partial charge in [-0.2, -0.15) is 0 Å². The van der Waals surface area contributed by atoms with Crippen molar-refractivity contribution in [3.05, 3.63) is 29.3 Å². The quantitative estimate of drug-likeness (QED) is 0.682. The van der Waals surface area contributed by atoms with Crippen molar-refractivity contribution in [2.45, 2.75) is 57.5 Å². The molecule has 0 amide bonds. The van der Waals surface area contributed by atoms with Gasteiger partial charge in [0.05, 0.1) is 0 Å². The minimum Gasteiger partial charge on any atom is -0.489 e. The highest BCUT2D eigenvalue weighted by molar-refractivity contribution is 5.45. The highest BCUT2D eigenvalue weighted by atomic mass is 16.5. The number of fused-ring (bicyclic) bond motifs is 3. The van der Waals surface area contributed by atoms with E-state index in [4.69, 9.17) is 4.74 Å². The summed E-state index contributed by atoms with van der Waals surface area (Å²) in [5.74, 6) is 2.45. The molecule has 2 atom stereocenters. The van der Waals surface area contributed by atoms with Crippen LogP contribution in [0.5, 0.6) is 5.75 Å². The molecule has 86 valence electrons. The van der Waals surface area contributed by atoms with E-state index in [-0.39, 0.29) is 0 Å². The van der Waals surface area contributed by atoms with E-state index in [1.54, 1.807) is 0 Å². The van der Waals surface area contributed by atoms with Crippen molar-refractivity contribution in [2.24, 2.45) is 0 Å². The van der Waals surface area contributed by atoms with Crippen molar-refractivity contribution >= 4 is 0 Å². The zero-order valence-corrected chi connectivity index (χ0v) is 10.2. The van der Waals surface area contributed by atoms with Gasteiger partial charge < -0.3 is 4.74 Å². The van der Waals surface area contributed by atoms with Crippen LogP contribution in [0.25, 0.3) is 0 Å². The first-order valence-electron chi connectivity index (χ1n) is 6.56. The smallest absolute Gasteiger partial charge is 0.123 e. The van der Waals surface area contributed by atoms with Crippen LogP contribution in [0.3, 0.4) is 0 Å². The Labute approximate surface area is 97.8 Å². The maximum atomic E-state index is 6.10. The molecule has 0 radical (unpaired) electrons. The summed E-state index contributed by atoms with van der Waals surface area (Å²) in [6, 6.07) is 6.85. The summed E-state index contributed by atoms with van der Waals surface area (Å²) in [5, 5.41) is 0. The molecule has 1 aliphatic carbocycles. The monoisotopic (exact) mass is 216 g/mol. The molecule has 2 unspecified atom stereocenters. The second-order valence-electron chi connectivity index (χ2n) is 5.50. The molecule has 1 aromatic rings. The van der Waals surface area contributed by atoms with E-state index in [0.29, 0.717) is 17.9 Å². The minimum atomic E-state index is 0.478. The number of hydrogen-bond donors (Lipinski definition) is 0. The summed E-state index contributed by atoms with van der Waals surface area (Å²) >= 11 is 0. The lowest BCUT2D eigenvalue weighted by Gasteiger charge is -2.23. The third kappa shape index (κ3) is 1.53. The summed E-state index contributed by atoms with van der Waals surface area (Å²) in [5.41, 5.74) is 2.87. The normalized spacial score (nSPS) is 27.4. The van der Waals surface area contributed by atoms with E-state index < -0.39 is 0 Å². The molecule has 1 saturated carbocycles. The highest BCUT2D eigenvalue weighted by Gasteiger charge is 2.35. The second-order valence-corrected chi connectivity index (χ2v) is 5.50. The summed E-state index contributed by atoms with van der Waals surface area (Å²) < 4.78 is 6.10. The molecular weight excluding hydrogens is 196 g/mol. The molecule has 1 aliphatic heterocycles. The first kappa shape index (κ1) is 10.2. The number of ether oxygens (including phenoxy) is 1. The predicted molar refractivity (Wildman–Crippen MR) is 66.2 cm³/mol.